The van der Waals surface area contributed by atoms with Crippen LogP contribution in [0.4, 0.5) is 0 Å². The lowest BCUT2D eigenvalue weighted by molar-refractivity contribution is -0.151. The van der Waals surface area contributed by atoms with Crippen LogP contribution in [0.2, 0.25) is 0 Å². The van der Waals surface area contributed by atoms with E-state index >= 15 is 0 Å². The summed E-state index contributed by atoms with van der Waals surface area (Å²) >= 11 is 1.53. The van der Waals surface area contributed by atoms with Gasteiger partial charge < -0.3 is 14.6 Å². The Hall–Kier alpha value is -0.750. The Bertz CT molecular complexity index is 295. The van der Waals surface area contributed by atoms with Gasteiger partial charge in [-0.2, -0.15) is 11.8 Å². The van der Waals surface area contributed by atoms with Crippen LogP contribution in [0.15, 0.2) is 0 Å². The lowest BCUT2D eigenvalue weighted by Crippen LogP contribution is -2.34. The van der Waals surface area contributed by atoms with Crippen molar-refractivity contribution in [3.63, 3.8) is 0 Å². The second-order valence-corrected chi connectivity index (χ2v) is 5.85. The first kappa shape index (κ1) is 18.2. The molecule has 0 rings (SSSR count). The maximum atomic E-state index is 11.4. The van der Waals surface area contributed by atoms with E-state index in [-0.39, 0.29) is 12.4 Å². The molecule has 0 aliphatic carbocycles. The first-order valence-electron chi connectivity index (χ1n) is 6.34. The van der Waals surface area contributed by atoms with Crippen molar-refractivity contribution in [2.75, 3.05) is 31.8 Å². The van der Waals surface area contributed by atoms with Gasteiger partial charge in [0.2, 0.25) is 0 Å². The molecule has 112 valence electrons. The van der Waals surface area contributed by atoms with E-state index in [0.29, 0.717) is 19.0 Å². The van der Waals surface area contributed by atoms with Crippen molar-refractivity contribution in [3.8, 4) is 0 Å². The Morgan fingerprint density at radius 2 is 2.05 bits per heavy atom. The molecule has 0 radical (unpaired) electrons. The average Bonchev–Trinajstić information content (AvgIpc) is 2.37. The predicted molar refractivity (Wildman–Crippen MR) is 75.4 cm³/mol. The van der Waals surface area contributed by atoms with Gasteiger partial charge in [-0.25, -0.2) is 0 Å². The molecule has 0 aromatic rings. The first-order valence-corrected chi connectivity index (χ1v) is 7.49. The van der Waals surface area contributed by atoms with E-state index in [0.717, 1.165) is 5.75 Å². The van der Waals surface area contributed by atoms with Crippen LogP contribution in [-0.2, 0) is 19.1 Å². The molecule has 0 aromatic carbocycles. The third kappa shape index (κ3) is 6.82. The van der Waals surface area contributed by atoms with Crippen molar-refractivity contribution in [3.05, 3.63) is 0 Å². The number of ether oxygens (including phenoxy) is 2. The number of carboxylic acid groups (broad SMARTS) is 1. The number of hydrogen-bond donors (Lipinski definition) is 1. The molecule has 0 spiro atoms. The fraction of sp³-hybridized carbons (Fsp3) is 0.846. The van der Waals surface area contributed by atoms with Gasteiger partial charge in [0.1, 0.15) is 0 Å². The highest BCUT2D eigenvalue weighted by Gasteiger charge is 2.36. The first-order chi connectivity index (χ1) is 8.87. The topological polar surface area (TPSA) is 72.8 Å². The quantitative estimate of drug-likeness (QED) is 0.491. The molecule has 6 heteroatoms. The van der Waals surface area contributed by atoms with Gasteiger partial charge in [-0.05, 0) is 20.3 Å². The van der Waals surface area contributed by atoms with Crippen molar-refractivity contribution in [1.82, 2.24) is 0 Å². The van der Waals surface area contributed by atoms with E-state index in [4.69, 9.17) is 4.74 Å². The average molecular weight is 292 g/mol. The molecular formula is C13H24O5S. The normalized spacial score (nSPS) is 15.6. The van der Waals surface area contributed by atoms with Gasteiger partial charge in [-0.3, -0.25) is 9.59 Å². The van der Waals surface area contributed by atoms with Crippen LogP contribution in [0.1, 0.15) is 27.2 Å². The standard InChI is InChI=1S/C13H24O5S/c1-5-18-6-7-19-9-13(3,12(15)16)8-10(2)11(14)17-4/h10H,5-9H2,1-4H3,(H,15,16). The molecule has 19 heavy (non-hydrogen) atoms. The molecule has 0 aliphatic rings. The summed E-state index contributed by atoms with van der Waals surface area (Å²) < 4.78 is 9.84. The smallest absolute Gasteiger partial charge is 0.310 e. The van der Waals surface area contributed by atoms with E-state index in [1.807, 2.05) is 6.92 Å². The van der Waals surface area contributed by atoms with Crippen LogP contribution in [0.5, 0.6) is 0 Å². The number of thioether (sulfide) groups is 1. The number of rotatable bonds is 10. The fourth-order valence-electron chi connectivity index (χ4n) is 1.73. The highest BCUT2D eigenvalue weighted by Crippen LogP contribution is 2.31. The van der Waals surface area contributed by atoms with E-state index < -0.39 is 17.3 Å². The van der Waals surface area contributed by atoms with Crippen molar-refractivity contribution >= 4 is 23.7 Å². The molecule has 2 atom stereocenters. The molecule has 1 N–H and O–H groups in total. The summed E-state index contributed by atoms with van der Waals surface area (Å²) in [6, 6.07) is 0. The minimum atomic E-state index is -0.926. The number of esters is 1. The maximum absolute atomic E-state index is 11.4. The number of hydrogen-bond acceptors (Lipinski definition) is 5. The van der Waals surface area contributed by atoms with E-state index in [1.165, 1.54) is 18.9 Å². The number of methoxy groups -OCH3 is 1. The highest BCUT2D eigenvalue weighted by atomic mass is 32.2. The van der Waals surface area contributed by atoms with E-state index in [1.54, 1.807) is 13.8 Å². The zero-order valence-electron chi connectivity index (χ0n) is 12.1. The summed E-state index contributed by atoms with van der Waals surface area (Å²) in [6.07, 6.45) is 0.274. The molecule has 0 heterocycles. The molecule has 0 fully saturated rings. The van der Waals surface area contributed by atoms with Crippen LogP contribution in [0.3, 0.4) is 0 Å². The van der Waals surface area contributed by atoms with Crippen LogP contribution >= 0.6 is 11.8 Å². The molecule has 0 amide bonds. The van der Waals surface area contributed by atoms with Crippen molar-refractivity contribution in [2.24, 2.45) is 11.3 Å². The van der Waals surface area contributed by atoms with Crippen molar-refractivity contribution in [2.45, 2.75) is 27.2 Å². The SMILES string of the molecule is CCOCCSCC(C)(CC(C)C(=O)OC)C(=O)O. The van der Waals surface area contributed by atoms with Crippen LogP contribution in [-0.4, -0.2) is 48.9 Å². The molecule has 2 unspecified atom stereocenters. The monoisotopic (exact) mass is 292 g/mol. The molecule has 0 aromatic heterocycles. The van der Waals surface area contributed by atoms with Gasteiger partial charge in [0, 0.05) is 18.1 Å². The number of aliphatic carboxylic acids is 1. The number of carboxylic acids is 1. The summed E-state index contributed by atoms with van der Waals surface area (Å²) in [6.45, 7) is 6.56. The van der Waals surface area contributed by atoms with Gasteiger partial charge in [0.15, 0.2) is 0 Å². The largest absolute Gasteiger partial charge is 0.481 e. The van der Waals surface area contributed by atoms with Gasteiger partial charge in [0.05, 0.1) is 25.0 Å². The Labute approximate surface area is 119 Å². The molecule has 0 saturated carbocycles. The van der Waals surface area contributed by atoms with E-state index in [2.05, 4.69) is 4.74 Å². The zero-order valence-corrected chi connectivity index (χ0v) is 12.9. The lowest BCUT2D eigenvalue weighted by Gasteiger charge is -2.26. The van der Waals surface area contributed by atoms with Gasteiger partial charge in [0.25, 0.3) is 0 Å². The van der Waals surface area contributed by atoms with Crippen molar-refractivity contribution in [1.29, 1.82) is 0 Å². The summed E-state index contributed by atoms with van der Waals surface area (Å²) in [5.74, 6) is -0.461. The molecule has 0 saturated heterocycles. The summed E-state index contributed by atoms with van der Waals surface area (Å²) in [4.78, 5) is 22.8. The summed E-state index contributed by atoms with van der Waals surface area (Å²) in [5, 5.41) is 9.34. The van der Waals surface area contributed by atoms with Gasteiger partial charge in [-0.15, -0.1) is 0 Å². The third-order valence-electron chi connectivity index (χ3n) is 2.87. The Balaban J connectivity index is 4.34. The van der Waals surface area contributed by atoms with Crippen LogP contribution in [0.25, 0.3) is 0 Å². The Kier molecular flexibility index (Phi) is 8.84. The predicted octanol–water partition coefficient (Wildman–Crippen LogP) is 2.05. The summed E-state index contributed by atoms with van der Waals surface area (Å²) in [7, 11) is 1.31. The molecule has 0 aliphatic heterocycles. The Morgan fingerprint density at radius 1 is 1.42 bits per heavy atom. The highest BCUT2D eigenvalue weighted by molar-refractivity contribution is 7.99. The molecule has 0 bridgehead atoms. The fourth-order valence-corrected chi connectivity index (χ4v) is 2.80. The minimum absolute atomic E-state index is 0.274. The zero-order chi connectivity index (χ0) is 14.9. The lowest BCUT2D eigenvalue weighted by atomic mass is 9.83. The Morgan fingerprint density at radius 3 is 2.53 bits per heavy atom. The number of carbonyl (C=O) groups is 2. The number of carbonyl (C=O) groups excluding carboxylic acids is 1. The van der Waals surface area contributed by atoms with Gasteiger partial charge >= 0.3 is 11.9 Å². The van der Waals surface area contributed by atoms with Crippen LogP contribution < -0.4 is 0 Å². The second-order valence-electron chi connectivity index (χ2n) is 4.74. The van der Waals surface area contributed by atoms with Crippen molar-refractivity contribution < 1.29 is 24.2 Å². The second kappa shape index (κ2) is 9.20. The van der Waals surface area contributed by atoms with E-state index in [9.17, 15) is 14.7 Å². The molecule has 5 nitrogen and oxygen atoms in total. The third-order valence-corrected chi connectivity index (χ3v) is 4.17. The maximum Gasteiger partial charge on any atom is 0.310 e. The van der Waals surface area contributed by atoms with Crippen LogP contribution in [0, 0.1) is 11.3 Å². The minimum Gasteiger partial charge on any atom is -0.481 e. The summed E-state index contributed by atoms with van der Waals surface area (Å²) in [5.41, 5.74) is -0.926. The molecular weight excluding hydrogens is 268 g/mol. The van der Waals surface area contributed by atoms with Gasteiger partial charge in [-0.1, -0.05) is 6.92 Å².